The van der Waals surface area contributed by atoms with Crippen molar-refractivity contribution in [3.05, 3.63) is 57.5 Å². The zero-order chi connectivity index (χ0) is 17.7. The van der Waals surface area contributed by atoms with Gasteiger partial charge in [-0.2, -0.15) is 0 Å². The third-order valence-electron chi connectivity index (χ3n) is 3.35. The molecule has 0 fully saturated rings. The number of carbonyl (C=O) groups excluding carboxylic acids is 1. The van der Waals surface area contributed by atoms with Crippen molar-refractivity contribution in [3.8, 4) is 0 Å². The quantitative estimate of drug-likeness (QED) is 0.608. The van der Waals surface area contributed by atoms with Crippen molar-refractivity contribution in [2.24, 2.45) is 0 Å². The Morgan fingerprint density at radius 3 is 2.67 bits per heavy atom. The van der Waals surface area contributed by atoms with Crippen LogP contribution in [0.3, 0.4) is 0 Å². The van der Waals surface area contributed by atoms with Crippen LogP contribution in [0.15, 0.2) is 30.0 Å². The number of rotatable bonds is 6. The third-order valence-corrected chi connectivity index (χ3v) is 3.94. The maximum Gasteiger partial charge on any atom is 0.166 e. The lowest BCUT2D eigenvalue weighted by atomic mass is 9.99. The van der Waals surface area contributed by atoms with Crippen LogP contribution in [0.5, 0.6) is 0 Å². The molecular formula is C16H13Cl2F2N3O. The van der Waals surface area contributed by atoms with Gasteiger partial charge in [-0.15, -0.1) is 0 Å². The fourth-order valence-electron chi connectivity index (χ4n) is 2.12. The second-order valence-electron chi connectivity index (χ2n) is 4.98. The van der Waals surface area contributed by atoms with Gasteiger partial charge in [-0.25, -0.2) is 23.5 Å². The average molecular weight is 372 g/mol. The molecule has 1 atom stereocenters. The van der Waals surface area contributed by atoms with Crippen LogP contribution >= 0.6 is 23.2 Å². The van der Waals surface area contributed by atoms with E-state index >= 15 is 0 Å². The summed E-state index contributed by atoms with van der Waals surface area (Å²) in [5.74, 6) is 1.08. The molecule has 0 saturated carbocycles. The van der Waals surface area contributed by atoms with Crippen molar-refractivity contribution in [1.82, 2.24) is 9.97 Å². The number of hydrogen-bond donors (Lipinski definition) is 1. The Morgan fingerprint density at radius 1 is 1.33 bits per heavy atom. The van der Waals surface area contributed by atoms with E-state index in [4.69, 9.17) is 23.2 Å². The number of pyridine rings is 2. The maximum absolute atomic E-state index is 13.6. The van der Waals surface area contributed by atoms with Crippen LogP contribution in [0.25, 0.3) is 0 Å². The second-order valence-corrected chi connectivity index (χ2v) is 5.70. The lowest BCUT2D eigenvalue weighted by Gasteiger charge is -2.19. The van der Waals surface area contributed by atoms with Gasteiger partial charge < -0.3 is 5.32 Å². The highest BCUT2D eigenvalue weighted by Gasteiger charge is 2.18. The molecule has 1 unspecified atom stereocenters. The third kappa shape index (κ3) is 4.51. The zero-order valence-electron chi connectivity index (χ0n) is 12.6. The lowest BCUT2D eigenvalue weighted by molar-refractivity contribution is 0.563. The molecule has 0 aliphatic carbocycles. The summed E-state index contributed by atoms with van der Waals surface area (Å²) < 4.78 is 26.5. The van der Waals surface area contributed by atoms with E-state index in [-0.39, 0.29) is 16.7 Å². The highest BCUT2D eigenvalue weighted by Crippen LogP contribution is 2.24. The van der Waals surface area contributed by atoms with E-state index in [1.54, 1.807) is 0 Å². The van der Waals surface area contributed by atoms with Crippen LogP contribution in [0.1, 0.15) is 18.9 Å². The predicted molar refractivity (Wildman–Crippen MR) is 89.0 cm³/mol. The SMILES string of the molecule is CCC(Nc1ccc(F)cn1)C(=C=O)Cc1cc(F)c(Cl)nc1Cl. The van der Waals surface area contributed by atoms with E-state index in [0.29, 0.717) is 23.4 Å². The van der Waals surface area contributed by atoms with Crippen molar-refractivity contribution >= 4 is 35.0 Å². The summed E-state index contributed by atoms with van der Waals surface area (Å²) in [5.41, 5.74) is 0.637. The fourth-order valence-corrected chi connectivity index (χ4v) is 2.51. The van der Waals surface area contributed by atoms with Crippen LogP contribution in [0, 0.1) is 11.6 Å². The van der Waals surface area contributed by atoms with Crippen LogP contribution < -0.4 is 5.32 Å². The van der Waals surface area contributed by atoms with E-state index < -0.39 is 17.7 Å². The molecule has 0 amide bonds. The molecule has 0 aliphatic rings. The number of halogens is 4. The first-order chi connectivity index (χ1) is 11.4. The smallest absolute Gasteiger partial charge is 0.166 e. The van der Waals surface area contributed by atoms with Crippen LogP contribution in [-0.4, -0.2) is 22.0 Å². The van der Waals surface area contributed by atoms with Gasteiger partial charge in [0.15, 0.2) is 11.0 Å². The van der Waals surface area contributed by atoms with Crippen molar-refractivity contribution < 1.29 is 13.6 Å². The fraction of sp³-hybridized carbons (Fsp3) is 0.250. The summed E-state index contributed by atoms with van der Waals surface area (Å²) >= 11 is 11.5. The number of hydrogen-bond acceptors (Lipinski definition) is 4. The highest BCUT2D eigenvalue weighted by molar-refractivity contribution is 6.32. The van der Waals surface area contributed by atoms with Gasteiger partial charge in [0, 0.05) is 12.0 Å². The summed E-state index contributed by atoms with van der Waals surface area (Å²) in [6.45, 7) is 1.85. The van der Waals surface area contributed by atoms with Crippen molar-refractivity contribution in [2.75, 3.05) is 5.32 Å². The Labute approximate surface area is 147 Å². The minimum Gasteiger partial charge on any atom is -0.363 e. The Balaban J connectivity index is 2.21. The molecule has 0 spiro atoms. The molecule has 2 heterocycles. The summed E-state index contributed by atoms with van der Waals surface area (Å²) in [5, 5.41) is 2.70. The number of anilines is 1. The first-order valence-corrected chi connectivity index (χ1v) is 7.82. The van der Waals surface area contributed by atoms with Gasteiger partial charge in [-0.1, -0.05) is 30.1 Å². The standard InChI is InChI=1S/C16H13Cl2F2N3O/c1-2-13(22-14-4-3-11(19)7-21-14)10(8-24)5-9-6-12(20)16(18)23-15(9)17/h3-4,6-7,13H,2,5H2,1H3,(H,21,22). The average Bonchev–Trinajstić information content (AvgIpc) is 2.57. The van der Waals surface area contributed by atoms with Gasteiger partial charge in [0.05, 0.1) is 12.2 Å². The van der Waals surface area contributed by atoms with Crippen LogP contribution in [-0.2, 0) is 11.2 Å². The Hall–Kier alpha value is -2.01. The Morgan fingerprint density at radius 2 is 2.08 bits per heavy atom. The summed E-state index contributed by atoms with van der Waals surface area (Å²) in [4.78, 5) is 18.9. The number of nitrogens with one attached hydrogen (secondary N) is 1. The van der Waals surface area contributed by atoms with Crippen molar-refractivity contribution in [1.29, 1.82) is 0 Å². The van der Waals surface area contributed by atoms with Gasteiger partial charge in [0.2, 0.25) is 0 Å². The van der Waals surface area contributed by atoms with Gasteiger partial charge >= 0.3 is 0 Å². The van der Waals surface area contributed by atoms with E-state index in [2.05, 4.69) is 15.3 Å². The first kappa shape index (κ1) is 18.3. The van der Waals surface area contributed by atoms with Gasteiger partial charge in [-0.05, 0) is 30.2 Å². The van der Waals surface area contributed by atoms with Gasteiger partial charge in [0.25, 0.3) is 0 Å². The molecule has 2 rings (SSSR count). The van der Waals surface area contributed by atoms with E-state index in [1.807, 2.05) is 12.9 Å². The number of nitrogens with zero attached hydrogens (tertiary/aromatic N) is 2. The molecule has 2 aromatic heterocycles. The van der Waals surface area contributed by atoms with E-state index in [0.717, 1.165) is 12.3 Å². The molecule has 0 saturated heterocycles. The maximum atomic E-state index is 13.6. The van der Waals surface area contributed by atoms with Crippen molar-refractivity contribution in [3.63, 3.8) is 0 Å². The molecule has 8 heteroatoms. The van der Waals surface area contributed by atoms with Crippen LogP contribution in [0.4, 0.5) is 14.6 Å². The topological polar surface area (TPSA) is 54.9 Å². The second kappa shape index (κ2) is 8.20. The van der Waals surface area contributed by atoms with Crippen LogP contribution in [0.2, 0.25) is 10.3 Å². The number of aromatic nitrogens is 2. The zero-order valence-corrected chi connectivity index (χ0v) is 14.1. The molecule has 126 valence electrons. The molecule has 2 aromatic rings. The molecule has 0 radical (unpaired) electrons. The molecule has 0 aliphatic heterocycles. The molecule has 0 bridgehead atoms. The molecule has 24 heavy (non-hydrogen) atoms. The minimum atomic E-state index is -0.720. The summed E-state index contributed by atoms with van der Waals surface area (Å²) in [6.07, 6.45) is 1.65. The molecule has 4 nitrogen and oxygen atoms in total. The summed E-state index contributed by atoms with van der Waals surface area (Å²) in [7, 11) is 0. The first-order valence-electron chi connectivity index (χ1n) is 7.07. The molecule has 0 aromatic carbocycles. The monoisotopic (exact) mass is 371 g/mol. The molecule has 1 N–H and O–H groups in total. The van der Waals surface area contributed by atoms with Gasteiger partial charge in [0.1, 0.15) is 22.7 Å². The largest absolute Gasteiger partial charge is 0.363 e. The molecular weight excluding hydrogens is 359 g/mol. The summed E-state index contributed by atoms with van der Waals surface area (Å²) in [6, 6.07) is 3.42. The van der Waals surface area contributed by atoms with Crippen molar-refractivity contribution in [2.45, 2.75) is 25.8 Å². The Bertz CT molecular complexity index is 778. The predicted octanol–water partition coefficient (Wildman–Crippen LogP) is 4.25. The highest BCUT2D eigenvalue weighted by atomic mass is 35.5. The van der Waals surface area contributed by atoms with E-state index in [1.165, 1.54) is 12.1 Å². The lowest BCUT2D eigenvalue weighted by Crippen LogP contribution is -2.23. The van der Waals surface area contributed by atoms with Gasteiger partial charge in [-0.3, -0.25) is 0 Å². The van der Waals surface area contributed by atoms with E-state index in [9.17, 15) is 13.6 Å². The minimum absolute atomic E-state index is 0.0175. The normalized spacial score (nSPS) is 11.7. The Kier molecular flexibility index (Phi) is 6.26.